The predicted molar refractivity (Wildman–Crippen MR) is 101 cm³/mol. The molecular formula is C20H14BrClO2. The fourth-order valence-electron chi connectivity index (χ4n) is 2.57. The van der Waals surface area contributed by atoms with Gasteiger partial charge in [-0.15, -0.1) is 0 Å². The van der Waals surface area contributed by atoms with Gasteiger partial charge in [0.25, 0.3) is 0 Å². The third-order valence-corrected chi connectivity index (χ3v) is 4.68. The molecule has 0 spiro atoms. The van der Waals surface area contributed by atoms with Gasteiger partial charge >= 0.3 is 5.97 Å². The predicted octanol–water partition coefficient (Wildman–Crippen LogP) is 6.22. The molecule has 0 aliphatic heterocycles. The van der Waals surface area contributed by atoms with Gasteiger partial charge in [0.05, 0.1) is 12.7 Å². The molecule has 0 N–H and O–H groups in total. The zero-order valence-electron chi connectivity index (χ0n) is 12.9. The van der Waals surface area contributed by atoms with Crippen molar-refractivity contribution in [2.75, 3.05) is 7.11 Å². The number of carbonyl (C=O) groups excluding carboxylic acids is 1. The average Bonchev–Trinajstić information content (AvgIpc) is 2.62. The number of methoxy groups -OCH3 is 1. The molecule has 4 heteroatoms. The van der Waals surface area contributed by atoms with Crippen LogP contribution in [0.15, 0.2) is 71.2 Å². The van der Waals surface area contributed by atoms with E-state index in [1.165, 1.54) is 7.11 Å². The Kier molecular flexibility index (Phi) is 5.03. The van der Waals surface area contributed by atoms with Crippen molar-refractivity contribution >= 4 is 33.5 Å². The van der Waals surface area contributed by atoms with Gasteiger partial charge in [-0.2, -0.15) is 0 Å². The summed E-state index contributed by atoms with van der Waals surface area (Å²) in [5.41, 5.74) is 4.31. The summed E-state index contributed by atoms with van der Waals surface area (Å²) in [5, 5.41) is 0.495. The first-order valence-corrected chi connectivity index (χ1v) is 8.50. The third kappa shape index (κ3) is 3.37. The summed E-state index contributed by atoms with van der Waals surface area (Å²) in [5.74, 6) is -0.412. The average molecular weight is 402 g/mol. The monoisotopic (exact) mass is 400 g/mol. The Hall–Kier alpha value is -2.10. The summed E-state index contributed by atoms with van der Waals surface area (Å²) in [6.45, 7) is 0. The normalized spacial score (nSPS) is 10.5. The largest absolute Gasteiger partial charge is 0.465 e. The van der Waals surface area contributed by atoms with Crippen molar-refractivity contribution in [3.63, 3.8) is 0 Å². The molecule has 0 fully saturated rings. The number of esters is 1. The Bertz CT molecular complexity index is 891. The molecule has 0 unspecified atom stereocenters. The van der Waals surface area contributed by atoms with Gasteiger partial charge in [0.1, 0.15) is 0 Å². The topological polar surface area (TPSA) is 26.3 Å². The van der Waals surface area contributed by atoms with Crippen LogP contribution in [-0.2, 0) is 4.74 Å². The highest BCUT2D eigenvalue weighted by Crippen LogP contribution is 2.35. The number of hydrogen-bond acceptors (Lipinski definition) is 2. The molecule has 0 saturated carbocycles. The van der Waals surface area contributed by atoms with E-state index in [0.717, 1.165) is 26.7 Å². The van der Waals surface area contributed by atoms with Gasteiger partial charge in [0.2, 0.25) is 0 Å². The molecule has 24 heavy (non-hydrogen) atoms. The second-order valence-corrected chi connectivity index (χ2v) is 6.53. The Morgan fingerprint density at radius 1 is 0.917 bits per heavy atom. The van der Waals surface area contributed by atoms with E-state index >= 15 is 0 Å². The molecule has 3 aromatic carbocycles. The highest BCUT2D eigenvalue weighted by molar-refractivity contribution is 9.10. The van der Waals surface area contributed by atoms with E-state index in [4.69, 9.17) is 16.3 Å². The first-order valence-electron chi connectivity index (χ1n) is 7.33. The molecule has 3 rings (SSSR count). The number of hydrogen-bond donors (Lipinski definition) is 0. The molecule has 0 heterocycles. The summed E-state index contributed by atoms with van der Waals surface area (Å²) in [4.78, 5) is 12.1. The van der Waals surface area contributed by atoms with Gasteiger partial charge in [-0.3, -0.25) is 0 Å². The maximum atomic E-state index is 12.1. The quantitative estimate of drug-likeness (QED) is 0.487. The molecule has 120 valence electrons. The Morgan fingerprint density at radius 2 is 1.67 bits per heavy atom. The Labute approximate surface area is 154 Å². The molecule has 0 aliphatic carbocycles. The van der Waals surface area contributed by atoms with E-state index in [1.807, 2.05) is 36.4 Å². The number of ether oxygens (including phenoxy) is 1. The van der Waals surface area contributed by atoms with Crippen LogP contribution in [0.5, 0.6) is 0 Å². The van der Waals surface area contributed by atoms with Crippen molar-refractivity contribution in [3.8, 4) is 22.3 Å². The van der Waals surface area contributed by atoms with Crippen molar-refractivity contribution in [1.82, 2.24) is 0 Å². The lowest BCUT2D eigenvalue weighted by Gasteiger charge is -2.12. The van der Waals surface area contributed by atoms with Crippen LogP contribution in [0.3, 0.4) is 0 Å². The van der Waals surface area contributed by atoms with Gasteiger partial charge in [-0.05, 0) is 46.5 Å². The van der Waals surface area contributed by atoms with E-state index < -0.39 is 5.97 Å². The third-order valence-electron chi connectivity index (χ3n) is 3.75. The van der Waals surface area contributed by atoms with Crippen molar-refractivity contribution in [2.45, 2.75) is 0 Å². The van der Waals surface area contributed by atoms with Gasteiger partial charge in [-0.1, -0.05) is 70.0 Å². The van der Waals surface area contributed by atoms with Crippen molar-refractivity contribution < 1.29 is 9.53 Å². The molecule has 0 radical (unpaired) electrons. The van der Waals surface area contributed by atoms with Crippen LogP contribution in [0.4, 0.5) is 0 Å². The minimum atomic E-state index is -0.412. The van der Waals surface area contributed by atoms with Crippen LogP contribution in [0.25, 0.3) is 22.3 Å². The summed E-state index contributed by atoms with van der Waals surface area (Å²) in [7, 11) is 1.36. The van der Waals surface area contributed by atoms with Gasteiger partial charge in [0.15, 0.2) is 0 Å². The molecule has 0 aliphatic rings. The van der Waals surface area contributed by atoms with Gasteiger partial charge in [0, 0.05) is 9.50 Å². The Morgan fingerprint density at radius 3 is 2.38 bits per heavy atom. The molecule has 0 saturated heterocycles. The van der Waals surface area contributed by atoms with Gasteiger partial charge < -0.3 is 4.74 Å². The van der Waals surface area contributed by atoms with Crippen LogP contribution < -0.4 is 0 Å². The molecule has 3 aromatic rings. The lowest BCUT2D eigenvalue weighted by Crippen LogP contribution is -2.04. The van der Waals surface area contributed by atoms with Crippen molar-refractivity contribution in [2.24, 2.45) is 0 Å². The van der Waals surface area contributed by atoms with Crippen LogP contribution >= 0.6 is 27.5 Å². The van der Waals surface area contributed by atoms with E-state index in [9.17, 15) is 4.79 Å². The maximum Gasteiger partial charge on any atom is 0.338 e. The van der Waals surface area contributed by atoms with Gasteiger partial charge in [-0.25, -0.2) is 4.79 Å². The molecule has 0 bridgehead atoms. The van der Waals surface area contributed by atoms with Crippen molar-refractivity contribution in [1.29, 1.82) is 0 Å². The van der Waals surface area contributed by atoms with E-state index in [-0.39, 0.29) is 0 Å². The fourth-order valence-corrected chi connectivity index (χ4v) is 3.20. The summed E-state index contributed by atoms with van der Waals surface area (Å²) in [6, 6.07) is 21.4. The molecule has 0 aromatic heterocycles. The highest BCUT2D eigenvalue weighted by atomic mass is 79.9. The molecular weight excluding hydrogens is 388 g/mol. The first-order chi connectivity index (χ1) is 11.6. The lowest BCUT2D eigenvalue weighted by molar-refractivity contribution is 0.0601. The number of benzene rings is 3. The SMILES string of the molecule is COC(=O)c1cc(Cl)ccc1-c1cc(-c2ccccc2)ccc1Br. The summed E-state index contributed by atoms with van der Waals surface area (Å²) in [6.07, 6.45) is 0. The summed E-state index contributed by atoms with van der Waals surface area (Å²) < 4.78 is 5.79. The van der Waals surface area contributed by atoms with Crippen LogP contribution in [0, 0.1) is 0 Å². The lowest BCUT2D eigenvalue weighted by atomic mass is 9.96. The van der Waals surface area contributed by atoms with E-state index in [2.05, 4.69) is 34.1 Å². The first kappa shape index (κ1) is 16.7. The van der Waals surface area contributed by atoms with Crippen LogP contribution in [0.2, 0.25) is 5.02 Å². The zero-order chi connectivity index (χ0) is 17.1. The number of carbonyl (C=O) groups is 1. The number of rotatable bonds is 3. The zero-order valence-corrected chi connectivity index (χ0v) is 15.3. The molecule has 0 amide bonds. The maximum absolute atomic E-state index is 12.1. The van der Waals surface area contributed by atoms with E-state index in [0.29, 0.717) is 10.6 Å². The minimum Gasteiger partial charge on any atom is -0.465 e. The summed E-state index contributed by atoms with van der Waals surface area (Å²) >= 11 is 9.63. The minimum absolute atomic E-state index is 0.412. The standard InChI is InChI=1S/C20H14BrClO2/c1-24-20(23)18-12-15(22)8-9-16(18)17-11-14(7-10-19(17)21)13-5-3-2-4-6-13/h2-12H,1H3. The molecule has 0 atom stereocenters. The number of halogens is 2. The Balaban J connectivity index is 2.18. The molecule has 2 nitrogen and oxygen atoms in total. The van der Waals surface area contributed by atoms with Crippen LogP contribution in [0.1, 0.15) is 10.4 Å². The fraction of sp³-hybridized carbons (Fsp3) is 0.0500. The van der Waals surface area contributed by atoms with E-state index in [1.54, 1.807) is 12.1 Å². The van der Waals surface area contributed by atoms with Crippen LogP contribution in [-0.4, -0.2) is 13.1 Å². The van der Waals surface area contributed by atoms with Crippen molar-refractivity contribution in [3.05, 3.63) is 81.8 Å². The highest BCUT2D eigenvalue weighted by Gasteiger charge is 2.16. The smallest absolute Gasteiger partial charge is 0.338 e. The second kappa shape index (κ2) is 7.20. The second-order valence-electron chi connectivity index (χ2n) is 5.24.